The van der Waals surface area contributed by atoms with Crippen LogP contribution in [0.1, 0.15) is 32.3 Å². The molecule has 27 heavy (non-hydrogen) atoms. The molecule has 2 rings (SSSR count). The monoisotopic (exact) mass is 390 g/mol. The number of aliphatic carboxylic acids is 1. The molecule has 7 nitrogen and oxygen atoms in total. The van der Waals surface area contributed by atoms with Crippen molar-refractivity contribution in [1.29, 1.82) is 0 Å². The van der Waals surface area contributed by atoms with Gasteiger partial charge in [-0.05, 0) is 47.9 Å². The van der Waals surface area contributed by atoms with Crippen LogP contribution >= 0.6 is 0 Å². The lowest BCUT2D eigenvalue weighted by Gasteiger charge is -2.23. The number of carbonyl (C=O) groups is 2. The molecule has 2 N–H and O–H groups in total. The number of nitrogens with zero attached hydrogens (tertiary/aromatic N) is 1. The maximum atomic E-state index is 13.0. The van der Waals surface area contributed by atoms with Gasteiger partial charge < -0.3 is 10.4 Å². The highest BCUT2D eigenvalue weighted by atomic mass is 32.2. The molecule has 0 saturated heterocycles. The third-order valence-corrected chi connectivity index (χ3v) is 5.68. The van der Waals surface area contributed by atoms with Crippen molar-refractivity contribution in [2.45, 2.75) is 31.6 Å². The molecule has 0 aliphatic rings. The third kappa shape index (κ3) is 5.07. The maximum Gasteiger partial charge on any atom is 0.324 e. The van der Waals surface area contributed by atoms with E-state index >= 15 is 0 Å². The molecule has 1 amide bonds. The Bertz CT molecular complexity index is 920. The Kier molecular flexibility index (Phi) is 6.22. The average molecular weight is 390 g/mol. The predicted octanol–water partition coefficient (Wildman–Crippen LogP) is 3.05. The lowest BCUT2D eigenvalue weighted by molar-refractivity contribution is -0.135. The Morgan fingerprint density at radius 2 is 1.59 bits per heavy atom. The zero-order chi connectivity index (χ0) is 20.2. The number of hydrogen-bond acceptors (Lipinski definition) is 4. The molecule has 2 aromatic rings. The molecule has 144 valence electrons. The van der Waals surface area contributed by atoms with Crippen molar-refractivity contribution in [2.75, 3.05) is 16.2 Å². The minimum atomic E-state index is -4.09. The van der Waals surface area contributed by atoms with Gasteiger partial charge in [0.05, 0.1) is 10.6 Å². The number of benzene rings is 2. The summed E-state index contributed by atoms with van der Waals surface area (Å²) in [6.07, 6.45) is 0. The standard InChI is InChI=1S/C19H22N2O5S/c1-13(2)15-4-8-17(9-5-15)21(12-19(23)24)27(25,26)18-10-6-16(7-11-18)20-14(3)22/h4-11,13H,12H2,1-3H3,(H,20,22)(H,23,24). The van der Waals surface area contributed by atoms with Gasteiger partial charge in [0.15, 0.2) is 0 Å². The lowest BCUT2D eigenvalue weighted by atomic mass is 10.0. The zero-order valence-corrected chi connectivity index (χ0v) is 16.2. The number of nitrogens with one attached hydrogen (secondary N) is 1. The molecule has 0 radical (unpaired) electrons. The number of carboxylic acid groups (broad SMARTS) is 1. The van der Waals surface area contributed by atoms with E-state index in [0.717, 1.165) is 9.87 Å². The summed E-state index contributed by atoms with van der Waals surface area (Å²) in [5.74, 6) is -1.27. The highest BCUT2D eigenvalue weighted by Crippen LogP contribution is 2.26. The molecule has 0 aliphatic heterocycles. The van der Waals surface area contributed by atoms with Gasteiger partial charge in [-0.3, -0.25) is 13.9 Å². The van der Waals surface area contributed by atoms with E-state index in [2.05, 4.69) is 5.32 Å². The van der Waals surface area contributed by atoms with Crippen LogP contribution in [0, 0.1) is 0 Å². The van der Waals surface area contributed by atoms with Gasteiger partial charge in [0.2, 0.25) is 5.91 Å². The summed E-state index contributed by atoms with van der Waals surface area (Å²) in [5, 5.41) is 11.7. The second kappa shape index (κ2) is 8.22. The van der Waals surface area contributed by atoms with Crippen LogP contribution in [-0.4, -0.2) is 31.9 Å². The fraction of sp³-hybridized carbons (Fsp3) is 0.263. The minimum Gasteiger partial charge on any atom is -0.480 e. The number of anilines is 2. The van der Waals surface area contributed by atoms with Gasteiger partial charge in [-0.25, -0.2) is 8.42 Å². The Labute approximate surface area is 158 Å². The van der Waals surface area contributed by atoms with Gasteiger partial charge >= 0.3 is 5.97 Å². The number of carbonyl (C=O) groups excluding carboxylic acids is 1. The fourth-order valence-corrected chi connectivity index (χ4v) is 3.92. The molecular formula is C19H22N2O5S. The van der Waals surface area contributed by atoms with Crippen molar-refractivity contribution in [3.05, 3.63) is 54.1 Å². The lowest BCUT2D eigenvalue weighted by Crippen LogP contribution is -2.35. The zero-order valence-electron chi connectivity index (χ0n) is 15.3. The van der Waals surface area contributed by atoms with E-state index in [9.17, 15) is 23.1 Å². The molecule has 2 aromatic carbocycles. The summed E-state index contributed by atoms with van der Waals surface area (Å²) < 4.78 is 26.8. The Balaban J connectivity index is 2.41. The van der Waals surface area contributed by atoms with Crippen LogP contribution in [-0.2, 0) is 19.6 Å². The largest absolute Gasteiger partial charge is 0.480 e. The van der Waals surface area contributed by atoms with E-state index in [-0.39, 0.29) is 22.4 Å². The van der Waals surface area contributed by atoms with E-state index in [1.54, 1.807) is 24.3 Å². The Hall–Kier alpha value is -2.87. The molecule has 0 atom stereocenters. The summed E-state index contributed by atoms with van der Waals surface area (Å²) in [6, 6.07) is 12.3. The van der Waals surface area contributed by atoms with E-state index in [1.165, 1.54) is 31.2 Å². The smallest absolute Gasteiger partial charge is 0.324 e. The van der Waals surface area contributed by atoms with E-state index < -0.39 is 22.5 Å². The van der Waals surface area contributed by atoms with Crippen molar-refractivity contribution in [3.63, 3.8) is 0 Å². The van der Waals surface area contributed by atoms with Crippen LogP contribution < -0.4 is 9.62 Å². The van der Waals surface area contributed by atoms with Crippen molar-refractivity contribution >= 4 is 33.3 Å². The van der Waals surface area contributed by atoms with Gasteiger partial charge in [0, 0.05) is 12.6 Å². The van der Waals surface area contributed by atoms with Crippen LogP contribution in [0.15, 0.2) is 53.4 Å². The third-order valence-electron chi connectivity index (χ3n) is 3.89. The summed E-state index contributed by atoms with van der Waals surface area (Å²) in [5.41, 5.74) is 1.74. The normalized spacial score (nSPS) is 11.3. The van der Waals surface area contributed by atoms with Crippen molar-refractivity contribution in [3.8, 4) is 0 Å². The molecule has 0 aliphatic carbocycles. The van der Waals surface area contributed by atoms with Gasteiger partial charge in [-0.1, -0.05) is 26.0 Å². The van der Waals surface area contributed by atoms with Crippen molar-refractivity contribution in [2.24, 2.45) is 0 Å². The number of rotatable bonds is 7. The van der Waals surface area contributed by atoms with Crippen molar-refractivity contribution < 1.29 is 23.1 Å². The first kappa shape index (κ1) is 20.4. The van der Waals surface area contributed by atoms with Crippen LogP contribution in [0.5, 0.6) is 0 Å². The van der Waals surface area contributed by atoms with Crippen LogP contribution in [0.3, 0.4) is 0 Å². The molecule has 0 bridgehead atoms. The first-order valence-electron chi connectivity index (χ1n) is 8.33. The topological polar surface area (TPSA) is 104 Å². The highest BCUT2D eigenvalue weighted by molar-refractivity contribution is 7.92. The van der Waals surface area contributed by atoms with Crippen LogP contribution in [0.25, 0.3) is 0 Å². The SMILES string of the molecule is CC(=O)Nc1ccc(S(=O)(=O)N(CC(=O)O)c2ccc(C(C)C)cc2)cc1. The van der Waals surface area contributed by atoms with Gasteiger partial charge in [-0.2, -0.15) is 0 Å². The van der Waals surface area contributed by atoms with Gasteiger partial charge in [0.25, 0.3) is 10.0 Å². The summed E-state index contributed by atoms with van der Waals surface area (Å²) >= 11 is 0. The average Bonchev–Trinajstić information content (AvgIpc) is 2.59. The highest BCUT2D eigenvalue weighted by Gasteiger charge is 2.27. The molecule has 8 heteroatoms. The molecule has 0 fully saturated rings. The first-order valence-corrected chi connectivity index (χ1v) is 9.77. The number of carboxylic acids is 1. The molecule has 0 saturated carbocycles. The second-order valence-electron chi connectivity index (χ2n) is 6.36. The fourth-order valence-electron chi connectivity index (χ4n) is 2.50. The summed E-state index contributed by atoms with van der Waals surface area (Å²) in [6.45, 7) is 4.67. The quantitative estimate of drug-likeness (QED) is 0.756. The van der Waals surface area contributed by atoms with Crippen LogP contribution in [0.4, 0.5) is 11.4 Å². The van der Waals surface area contributed by atoms with E-state index in [4.69, 9.17) is 0 Å². The molecular weight excluding hydrogens is 368 g/mol. The van der Waals surface area contributed by atoms with Gasteiger partial charge in [-0.15, -0.1) is 0 Å². The van der Waals surface area contributed by atoms with Crippen LogP contribution in [0.2, 0.25) is 0 Å². The summed E-state index contributed by atoms with van der Waals surface area (Å²) in [7, 11) is -4.09. The summed E-state index contributed by atoms with van der Waals surface area (Å²) in [4.78, 5) is 22.3. The maximum absolute atomic E-state index is 13.0. The Morgan fingerprint density at radius 1 is 1.04 bits per heavy atom. The van der Waals surface area contributed by atoms with E-state index in [1.807, 2.05) is 13.8 Å². The van der Waals surface area contributed by atoms with Gasteiger partial charge in [0.1, 0.15) is 6.54 Å². The number of sulfonamides is 1. The number of hydrogen-bond donors (Lipinski definition) is 2. The van der Waals surface area contributed by atoms with Crippen molar-refractivity contribution in [1.82, 2.24) is 0 Å². The molecule has 0 heterocycles. The molecule has 0 spiro atoms. The number of amides is 1. The predicted molar refractivity (Wildman–Crippen MR) is 103 cm³/mol. The Morgan fingerprint density at radius 3 is 2.04 bits per heavy atom. The molecule has 0 unspecified atom stereocenters. The van der Waals surface area contributed by atoms with E-state index in [0.29, 0.717) is 5.69 Å². The first-order chi connectivity index (χ1) is 12.6. The molecule has 0 aromatic heterocycles. The second-order valence-corrected chi connectivity index (χ2v) is 8.22. The minimum absolute atomic E-state index is 0.0641.